The van der Waals surface area contributed by atoms with Crippen molar-refractivity contribution in [3.8, 4) is 0 Å². The Bertz CT molecular complexity index is 441. The molecule has 0 radical (unpaired) electrons. The van der Waals surface area contributed by atoms with E-state index in [0.717, 1.165) is 24.2 Å². The maximum atomic E-state index is 11.4. The van der Waals surface area contributed by atoms with E-state index in [1.165, 1.54) is 0 Å². The summed E-state index contributed by atoms with van der Waals surface area (Å²) in [6.07, 6.45) is 2.54. The average molecular weight is 265 g/mol. The van der Waals surface area contributed by atoms with Gasteiger partial charge in [0, 0.05) is 19.4 Å². The van der Waals surface area contributed by atoms with E-state index in [1.54, 1.807) is 0 Å². The first kappa shape index (κ1) is 13.2. The second-order valence-electron chi connectivity index (χ2n) is 3.36. The topological polar surface area (TPSA) is 105 Å². The number of nitrogens with zero attached hydrogens (tertiary/aromatic N) is 1. The van der Waals surface area contributed by atoms with E-state index in [-0.39, 0.29) is 17.3 Å². The lowest BCUT2D eigenvalue weighted by atomic mass is 10.3. The van der Waals surface area contributed by atoms with Gasteiger partial charge in [-0.15, -0.1) is 0 Å². The van der Waals surface area contributed by atoms with Crippen molar-refractivity contribution >= 4 is 32.2 Å². The number of nitrogen functional groups attached to an aromatic ring is 1. The highest BCUT2D eigenvalue weighted by molar-refractivity contribution is 7.91. The van der Waals surface area contributed by atoms with Gasteiger partial charge in [0.1, 0.15) is 9.90 Å². The van der Waals surface area contributed by atoms with Gasteiger partial charge in [-0.05, 0) is 24.4 Å². The summed E-state index contributed by atoms with van der Waals surface area (Å²) < 4.78 is 26.7. The first-order chi connectivity index (χ1) is 7.46. The molecule has 1 rings (SSSR count). The molecule has 92 valence electrons. The number of sulfone groups is 1. The van der Waals surface area contributed by atoms with Crippen LogP contribution in [0.15, 0.2) is 4.90 Å². The van der Waals surface area contributed by atoms with Crippen LogP contribution < -0.4 is 11.1 Å². The molecule has 0 spiro atoms. The minimum Gasteiger partial charge on any atom is -0.396 e. The number of aromatic nitrogens is 1. The minimum atomic E-state index is -3.35. The van der Waals surface area contributed by atoms with Crippen LogP contribution in [0.2, 0.25) is 0 Å². The monoisotopic (exact) mass is 265 g/mol. The van der Waals surface area contributed by atoms with Gasteiger partial charge in [-0.2, -0.15) is 4.37 Å². The van der Waals surface area contributed by atoms with Crippen LogP contribution in [0.3, 0.4) is 0 Å². The van der Waals surface area contributed by atoms with Crippen molar-refractivity contribution in [3.05, 3.63) is 0 Å². The third-order valence-electron chi connectivity index (χ3n) is 1.92. The Morgan fingerprint density at radius 1 is 1.50 bits per heavy atom. The van der Waals surface area contributed by atoms with Crippen LogP contribution in [0.5, 0.6) is 0 Å². The van der Waals surface area contributed by atoms with Gasteiger partial charge in [-0.1, -0.05) is 0 Å². The molecular weight excluding hydrogens is 250 g/mol. The minimum absolute atomic E-state index is 0.0390. The second-order valence-corrected chi connectivity index (χ2v) is 6.08. The Morgan fingerprint density at radius 2 is 2.19 bits per heavy atom. The molecule has 0 aliphatic carbocycles. The first-order valence-corrected chi connectivity index (χ1v) is 7.43. The molecule has 0 amide bonds. The van der Waals surface area contributed by atoms with Crippen molar-refractivity contribution in [2.75, 3.05) is 30.5 Å². The van der Waals surface area contributed by atoms with Gasteiger partial charge in [0.15, 0.2) is 15.7 Å². The Hall–Kier alpha value is -0.860. The van der Waals surface area contributed by atoms with Crippen LogP contribution in [0.1, 0.15) is 12.8 Å². The molecule has 0 bridgehead atoms. The van der Waals surface area contributed by atoms with Gasteiger partial charge in [-0.25, -0.2) is 8.42 Å². The maximum Gasteiger partial charge on any atom is 0.182 e. The molecule has 0 saturated carbocycles. The summed E-state index contributed by atoms with van der Waals surface area (Å²) in [6, 6.07) is 0. The smallest absolute Gasteiger partial charge is 0.182 e. The summed E-state index contributed by atoms with van der Waals surface area (Å²) in [5, 5.41) is 12.0. The van der Waals surface area contributed by atoms with Crippen LogP contribution in [0.25, 0.3) is 0 Å². The summed E-state index contributed by atoms with van der Waals surface area (Å²) in [5.41, 5.74) is 5.50. The molecule has 0 atom stereocenters. The van der Waals surface area contributed by atoms with Crippen molar-refractivity contribution in [1.29, 1.82) is 0 Å². The largest absolute Gasteiger partial charge is 0.396 e. The van der Waals surface area contributed by atoms with Gasteiger partial charge >= 0.3 is 0 Å². The quantitative estimate of drug-likeness (QED) is 0.639. The lowest BCUT2D eigenvalue weighted by molar-refractivity contribution is 0.286. The number of hydrogen-bond donors (Lipinski definition) is 3. The van der Waals surface area contributed by atoms with Gasteiger partial charge in [0.2, 0.25) is 0 Å². The van der Waals surface area contributed by atoms with Crippen molar-refractivity contribution in [3.63, 3.8) is 0 Å². The Labute approximate surface area is 98.6 Å². The lowest BCUT2D eigenvalue weighted by Gasteiger charge is -2.04. The third-order valence-corrected chi connectivity index (χ3v) is 4.02. The molecular formula is C8H15N3O3S2. The highest BCUT2D eigenvalue weighted by atomic mass is 32.2. The lowest BCUT2D eigenvalue weighted by Crippen LogP contribution is -2.07. The molecule has 0 aliphatic rings. The SMILES string of the molecule is CS(=O)(=O)c1c(N)nsc1NCCCCO. The van der Waals surface area contributed by atoms with E-state index >= 15 is 0 Å². The standard InChI is InChI=1S/C8H15N3O3S2/c1-16(13,14)6-7(9)11-15-8(6)10-4-2-3-5-12/h10,12H,2-5H2,1H3,(H2,9,11). The highest BCUT2D eigenvalue weighted by Gasteiger charge is 2.20. The van der Waals surface area contributed by atoms with Gasteiger partial charge in [0.05, 0.1) is 0 Å². The van der Waals surface area contributed by atoms with Gasteiger partial charge < -0.3 is 16.2 Å². The third kappa shape index (κ3) is 3.32. The Morgan fingerprint density at radius 3 is 2.75 bits per heavy atom. The molecule has 4 N–H and O–H groups in total. The van der Waals surface area contributed by atoms with Crippen LogP contribution in [0.4, 0.5) is 10.8 Å². The van der Waals surface area contributed by atoms with Crippen molar-refractivity contribution in [2.45, 2.75) is 17.7 Å². The predicted octanol–water partition coefficient (Wildman–Crippen LogP) is 0.313. The molecule has 1 aromatic rings. The van der Waals surface area contributed by atoms with Crippen LogP contribution in [-0.4, -0.2) is 37.3 Å². The molecule has 16 heavy (non-hydrogen) atoms. The summed E-state index contributed by atoms with van der Waals surface area (Å²) in [5.74, 6) is 0.0390. The summed E-state index contributed by atoms with van der Waals surface area (Å²) in [4.78, 5) is 0.0708. The molecule has 0 unspecified atom stereocenters. The molecule has 1 heterocycles. The number of anilines is 2. The molecule has 0 aromatic carbocycles. The van der Waals surface area contributed by atoms with Gasteiger partial charge in [0.25, 0.3) is 0 Å². The molecule has 0 fully saturated rings. The molecule has 0 saturated heterocycles. The number of unbranched alkanes of at least 4 members (excludes halogenated alkanes) is 1. The number of aliphatic hydroxyl groups is 1. The molecule has 6 nitrogen and oxygen atoms in total. The normalized spacial score (nSPS) is 11.6. The second kappa shape index (κ2) is 5.46. The fourth-order valence-corrected chi connectivity index (χ4v) is 3.30. The van der Waals surface area contributed by atoms with Crippen molar-refractivity contribution in [1.82, 2.24) is 4.37 Å². The van der Waals surface area contributed by atoms with E-state index < -0.39 is 9.84 Å². The molecule has 0 aliphatic heterocycles. The average Bonchev–Trinajstić information content (AvgIpc) is 2.54. The fourth-order valence-electron chi connectivity index (χ4n) is 1.20. The summed E-state index contributed by atoms with van der Waals surface area (Å²) >= 11 is 1.03. The van der Waals surface area contributed by atoms with E-state index in [9.17, 15) is 8.42 Å². The van der Waals surface area contributed by atoms with Crippen molar-refractivity contribution in [2.24, 2.45) is 0 Å². The zero-order valence-electron chi connectivity index (χ0n) is 8.93. The first-order valence-electron chi connectivity index (χ1n) is 4.76. The number of nitrogens with two attached hydrogens (primary N) is 1. The Balaban J connectivity index is 2.74. The summed E-state index contributed by atoms with van der Waals surface area (Å²) in [6.45, 7) is 0.718. The van der Waals surface area contributed by atoms with Crippen LogP contribution in [0, 0.1) is 0 Å². The molecule has 1 aromatic heterocycles. The van der Waals surface area contributed by atoms with Crippen molar-refractivity contribution < 1.29 is 13.5 Å². The van der Waals surface area contributed by atoms with Crippen LogP contribution in [-0.2, 0) is 9.84 Å². The van der Waals surface area contributed by atoms with E-state index in [0.29, 0.717) is 18.0 Å². The maximum absolute atomic E-state index is 11.4. The van der Waals surface area contributed by atoms with E-state index in [4.69, 9.17) is 10.8 Å². The van der Waals surface area contributed by atoms with E-state index in [1.807, 2.05) is 0 Å². The predicted molar refractivity (Wildman–Crippen MR) is 64.4 cm³/mol. The highest BCUT2D eigenvalue weighted by Crippen LogP contribution is 2.31. The van der Waals surface area contributed by atoms with E-state index in [2.05, 4.69) is 9.69 Å². The zero-order valence-corrected chi connectivity index (χ0v) is 10.6. The zero-order chi connectivity index (χ0) is 12.2. The van der Waals surface area contributed by atoms with Gasteiger partial charge in [-0.3, -0.25) is 0 Å². The number of hydrogen-bond acceptors (Lipinski definition) is 7. The Kier molecular flexibility index (Phi) is 4.51. The fraction of sp³-hybridized carbons (Fsp3) is 0.625. The molecule has 8 heteroatoms. The van der Waals surface area contributed by atoms with Crippen LogP contribution >= 0.6 is 11.5 Å². The summed E-state index contributed by atoms with van der Waals surface area (Å²) in [7, 11) is -3.35. The number of nitrogens with one attached hydrogen (secondary N) is 1. The number of rotatable bonds is 6. The number of aliphatic hydroxyl groups excluding tert-OH is 1.